The molecule has 2 rings (SSSR count). The molecule has 0 saturated carbocycles. The van der Waals surface area contributed by atoms with E-state index in [4.69, 9.17) is 11.6 Å². The highest BCUT2D eigenvalue weighted by Crippen LogP contribution is 2.22. The Hall–Kier alpha value is -1.75. The van der Waals surface area contributed by atoms with Crippen LogP contribution in [0, 0.1) is 18.7 Å². The van der Waals surface area contributed by atoms with Crippen LogP contribution in [0.1, 0.15) is 30.0 Å². The molecule has 1 heterocycles. The van der Waals surface area contributed by atoms with Crippen LogP contribution in [0.5, 0.6) is 0 Å². The number of nitrogens with zero attached hydrogens (tertiary/aromatic N) is 3. The van der Waals surface area contributed by atoms with Crippen LogP contribution >= 0.6 is 11.6 Å². The highest BCUT2D eigenvalue weighted by atomic mass is 35.5. The Morgan fingerprint density at radius 3 is 2.74 bits per heavy atom. The normalized spacial score (nSPS) is 11.1. The minimum atomic E-state index is -0.583. The second-order valence-electron chi connectivity index (χ2n) is 4.53. The van der Waals surface area contributed by atoms with Crippen molar-refractivity contribution in [3.05, 3.63) is 40.4 Å². The van der Waals surface area contributed by atoms with Crippen LogP contribution in [0.2, 0.25) is 5.02 Å². The van der Waals surface area contributed by atoms with Crippen LogP contribution in [-0.4, -0.2) is 20.8 Å². The van der Waals surface area contributed by atoms with Crippen molar-refractivity contribution in [1.82, 2.24) is 15.0 Å². The van der Waals surface area contributed by atoms with Crippen LogP contribution in [-0.2, 0) is 0 Å². The summed E-state index contributed by atoms with van der Waals surface area (Å²) in [6, 6.07) is 4.60. The van der Waals surface area contributed by atoms with E-state index in [1.54, 1.807) is 26.8 Å². The lowest BCUT2D eigenvalue weighted by Gasteiger charge is -2.06. The first-order chi connectivity index (χ1) is 8.93. The average Bonchev–Trinajstić information content (AvgIpc) is 2.73. The number of Topliss-reactive ketones (excluding diaryl/α,β-unsaturated/α-hetero) is 1. The zero-order chi connectivity index (χ0) is 14.2. The van der Waals surface area contributed by atoms with Crippen molar-refractivity contribution < 1.29 is 9.18 Å². The van der Waals surface area contributed by atoms with E-state index in [9.17, 15) is 9.18 Å². The van der Waals surface area contributed by atoms with Gasteiger partial charge in [0.15, 0.2) is 17.3 Å². The number of benzene rings is 1. The molecule has 0 aliphatic heterocycles. The molecule has 100 valence electrons. The number of aromatic nitrogens is 3. The second kappa shape index (κ2) is 5.09. The quantitative estimate of drug-likeness (QED) is 0.812. The number of carbonyl (C=O) groups excluding carboxylic acids is 1. The summed E-state index contributed by atoms with van der Waals surface area (Å²) in [6.45, 7) is 5.23. The fraction of sp³-hybridized carbons (Fsp3) is 0.308. The number of ketones is 1. The minimum Gasteiger partial charge on any atom is -0.292 e. The van der Waals surface area contributed by atoms with Crippen molar-refractivity contribution in [2.75, 3.05) is 0 Å². The molecule has 0 fully saturated rings. The van der Waals surface area contributed by atoms with Crippen molar-refractivity contribution in [3.8, 4) is 5.69 Å². The van der Waals surface area contributed by atoms with E-state index in [-0.39, 0.29) is 28.1 Å². The summed E-state index contributed by atoms with van der Waals surface area (Å²) in [7, 11) is 0. The average molecular weight is 282 g/mol. The Bertz CT molecular complexity index is 637. The molecule has 19 heavy (non-hydrogen) atoms. The van der Waals surface area contributed by atoms with E-state index in [2.05, 4.69) is 10.3 Å². The monoisotopic (exact) mass is 281 g/mol. The number of hydrogen-bond acceptors (Lipinski definition) is 3. The van der Waals surface area contributed by atoms with E-state index in [1.807, 2.05) is 0 Å². The molecule has 0 spiro atoms. The Morgan fingerprint density at radius 1 is 1.42 bits per heavy atom. The molecule has 0 aliphatic rings. The highest BCUT2D eigenvalue weighted by Gasteiger charge is 2.21. The molecule has 6 heteroatoms. The van der Waals surface area contributed by atoms with Crippen LogP contribution in [0.25, 0.3) is 5.69 Å². The molecular formula is C13H13ClFN3O. The smallest absolute Gasteiger partial charge is 0.187 e. The Labute approximate surface area is 115 Å². The first kappa shape index (κ1) is 13.7. The summed E-state index contributed by atoms with van der Waals surface area (Å²) in [5, 5.41) is 7.68. The van der Waals surface area contributed by atoms with E-state index >= 15 is 0 Å². The van der Waals surface area contributed by atoms with Gasteiger partial charge in [0, 0.05) is 5.92 Å². The zero-order valence-electron chi connectivity index (χ0n) is 10.8. The summed E-state index contributed by atoms with van der Waals surface area (Å²) in [5.41, 5.74) is 0.939. The molecule has 0 amide bonds. The molecule has 1 aromatic carbocycles. The van der Waals surface area contributed by atoms with E-state index in [1.165, 1.54) is 16.8 Å². The Balaban J connectivity index is 2.54. The van der Waals surface area contributed by atoms with Crippen molar-refractivity contribution in [1.29, 1.82) is 0 Å². The summed E-state index contributed by atoms with van der Waals surface area (Å²) in [4.78, 5) is 11.9. The van der Waals surface area contributed by atoms with Crippen molar-refractivity contribution in [2.45, 2.75) is 20.8 Å². The van der Waals surface area contributed by atoms with Crippen LogP contribution in [0.3, 0.4) is 0 Å². The predicted molar refractivity (Wildman–Crippen MR) is 70.2 cm³/mol. The van der Waals surface area contributed by atoms with Gasteiger partial charge in [0.1, 0.15) is 5.69 Å². The zero-order valence-corrected chi connectivity index (χ0v) is 11.6. The largest absolute Gasteiger partial charge is 0.292 e. The molecule has 1 aromatic heterocycles. The molecule has 0 aliphatic carbocycles. The maximum atomic E-state index is 13.9. The van der Waals surface area contributed by atoms with E-state index in [0.29, 0.717) is 5.69 Å². The molecule has 4 nitrogen and oxygen atoms in total. The molecule has 0 saturated heterocycles. The van der Waals surface area contributed by atoms with Gasteiger partial charge in [0.05, 0.1) is 10.7 Å². The van der Waals surface area contributed by atoms with Gasteiger partial charge in [-0.25, -0.2) is 9.07 Å². The van der Waals surface area contributed by atoms with Gasteiger partial charge in [-0.05, 0) is 19.1 Å². The predicted octanol–water partition coefficient (Wildman–Crippen LogP) is 3.21. The van der Waals surface area contributed by atoms with E-state index in [0.717, 1.165) is 0 Å². The molecule has 2 aromatic rings. The standard InChI is InChI=1S/C13H13ClFN3O/c1-7(2)13(19)12-8(3)18(17-16-12)10-6-4-5-9(14)11(10)15/h4-7H,1-3H3. The third kappa shape index (κ3) is 2.38. The van der Waals surface area contributed by atoms with Gasteiger partial charge >= 0.3 is 0 Å². The van der Waals surface area contributed by atoms with Gasteiger partial charge in [0.2, 0.25) is 0 Å². The SMILES string of the molecule is Cc1c(C(=O)C(C)C)nnn1-c1cccc(Cl)c1F. The van der Waals surface area contributed by atoms with Gasteiger partial charge in [-0.2, -0.15) is 0 Å². The topological polar surface area (TPSA) is 47.8 Å². The first-order valence-electron chi connectivity index (χ1n) is 5.84. The Morgan fingerprint density at radius 2 is 2.11 bits per heavy atom. The first-order valence-corrected chi connectivity index (χ1v) is 6.22. The van der Waals surface area contributed by atoms with Gasteiger partial charge in [-0.1, -0.05) is 36.7 Å². The van der Waals surface area contributed by atoms with Gasteiger partial charge in [-0.15, -0.1) is 5.10 Å². The number of rotatable bonds is 3. The summed E-state index contributed by atoms with van der Waals surface area (Å²) in [6.07, 6.45) is 0. The van der Waals surface area contributed by atoms with Gasteiger partial charge < -0.3 is 0 Å². The fourth-order valence-corrected chi connectivity index (χ4v) is 1.88. The second-order valence-corrected chi connectivity index (χ2v) is 4.93. The van der Waals surface area contributed by atoms with Crippen molar-refractivity contribution in [3.63, 3.8) is 0 Å². The van der Waals surface area contributed by atoms with E-state index < -0.39 is 5.82 Å². The minimum absolute atomic E-state index is 0.00383. The maximum absolute atomic E-state index is 13.9. The van der Waals surface area contributed by atoms with Crippen LogP contribution in [0.15, 0.2) is 18.2 Å². The molecule has 0 bridgehead atoms. The molecule has 0 radical (unpaired) electrons. The van der Waals surface area contributed by atoms with Crippen molar-refractivity contribution >= 4 is 17.4 Å². The lowest BCUT2D eigenvalue weighted by Crippen LogP contribution is -2.10. The summed E-state index contributed by atoms with van der Waals surface area (Å²) in [5.74, 6) is -0.889. The van der Waals surface area contributed by atoms with Gasteiger partial charge in [-0.3, -0.25) is 4.79 Å². The maximum Gasteiger partial charge on any atom is 0.187 e. The Kier molecular flexibility index (Phi) is 3.66. The molecular weight excluding hydrogens is 269 g/mol. The van der Waals surface area contributed by atoms with Crippen LogP contribution < -0.4 is 0 Å². The lowest BCUT2D eigenvalue weighted by atomic mass is 10.1. The van der Waals surface area contributed by atoms with Crippen molar-refractivity contribution in [2.24, 2.45) is 5.92 Å². The summed E-state index contributed by atoms with van der Waals surface area (Å²) < 4.78 is 15.2. The summed E-state index contributed by atoms with van der Waals surface area (Å²) >= 11 is 5.73. The van der Waals surface area contributed by atoms with Crippen LogP contribution in [0.4, 0.5) is 4.39 Å². The molecule has 0 atom stereocenters. The van der Waals surface area contributed by atoms with Gasteiger partial charge in [0.25, 0.3) is 0 Å². The fourth-order valence-electron chi connectivity index (χ4n) is 1.72. The molecule has 0 unspecified atom stereocenters. The molecule has 0 N–H and O–H groups in total. The number of carbonyl (C=O) groups is 1. The third-order valence-corrected chi connectivity index (χ3v) is 3.10. The highest BCUT2D eigenvalue weighted by molar-refractivity contribution is 6.30. The number of hydrogen-bond donors (Lipinski definition) is 0. The number of halogens is 2. The third-order valence-electron chi connectivity index (χ3n) is 2.81. The lowest BCUT2D eigenvalue weighted by molar-refractivity contribution is 0.0933.